The van der Waals surface area contributed by atoms with Crippen molar-refractivity contribution in [2.45, 2.75) is 38.4 Å². The van der Waals surface area contributed by atoms with Gasteiger partial charge < -0.3 is 29.7 Å². The highest BCUT2D eigenvalue weighted by Crippen LogP contribution is 2.25. The Morgan fingerprint density at radius 3 is 2.26 bits per heavy atom. The molecule has 42 heavy (non-hydrogen) atoms. The number of rotatable bonds is 10. The number of aliphatic carboxylic acids is 1. The van der Waals surface area contributed by atoms with Crippen LogP contribution in [0.5, 0.6) is 11.5 Å². The van der Waals surface area contributed by atoms with Gasteiger partial charge in [-0.25, -0.2) is 0 Å². The van der Waals surface area contributed by atoms with Crippen LogP contribution in [-0.4, -0.2) is 72.1 Å². The van der Waals surface area contributed by atoms with Crippen molar-refractivity contribution in [1.82, 2.24) is 15.1 Å². The van der Waals surface area contributed by atoms with E-state index in [0.717, 1.165) is 11.1 Å². The Morgan fingerprint density at radius 1 is 0.905 bits per heavy atom. The van der Waals surface area contributed by atoms with E-state index in [9.17, 15) is 24.3 Å². The van der Waals surface area contributed by atoms with E-state index < -0.39 is 30.0 Å². The number of carbonyl (C=O) groups is 4. The van der Waals surface area contributed by atoms with E-state index in [0.29, 0.717) is 29.0 Å². The number of hydrogen-bond acceptors (Lipinski definition) is 6. The minimum Gasteiger partial charge on any atom is -0.497 e. The zero-order chi connectivity index (χ0) is 30.2. The van der Waals surface area contributed by atoms with E-state index in [4.69, 9.17) is 9.47 Å². The summed E-state index contributed by atoms with van der Waals surface area (Å²) in [5, 5.41) is 12.5. The first-order chi connectivity index (χ1) is 20.2. The Kier molecular flexibility index (Phi) is 9.80. The molecule has 1 saturated heterocycles. The van der Waals surface area contributed by atoms with Crippen LogP contribution in [0.3, 0.4) is 0 Å². The maximum atomic E-state index is 14.0. The summed E-state index contributed by atoms with van der Waals surface area (Å²) < 4.78 is 10.5. The first-order valence-corrected chi connectivity index (χ1v) is 13.7. The average molecular weight is 574 g/mol. The van der Waals surface area contributed by atoms with Gasteiger partial charge in [0.05, 0.1) is 33.1 Å². The van der Waals surface area contributed by atoms with Gasteiger partial charge in [-0.15, -0.1) is 0 Å². The molecule has 1 aliphatic heterocycles. The molecule has 0 saturated carbocycles. The SMILES string of the molecule is COc1ccc(CC(=O)N2CCCN(C(=O)c3cccc(OC)c3)C2C(=O)NC(CC(=O)O)c2cccc(C)c2)cc1. The van der Waals surface area contributed by atoms with Crippen LogP contribution in [0.1, 0.15) is 45.9 Å². The highest BCUT2D eigenvalue weighted by Gasteiger charge is 2.41. The lowest BCUT2D eigenvalue weighted by Crippen LogP contribution is -2.64. The topological polar surface area (TPSA) is 125 Å². The summed E-state index contributed by atoms with van der Waals surface area (Å²) in [6.45, 7) is 2.36. The Balaban J connectivity index is 1.68. The predicted molar refractivity (Wildman–Crippen MR) is 155 cm³/mol. The fourth-order valence-corrected chi connectivity index (χ4v) is 5.08. The van der Waals surface area contributed by atoms with Gasteiger partial charge >= 0.3 is 5.97 Å². The van der Waals surface area contributed by atoms with Crippen molar-refractivity contribution in [2.24, 2.45) is 0 Å². The van der Waals surface area contributed by atoms with Crippen LogP contribution < -0.4 is 14.8 Å². The van der Waals surface area contributed by atoms with E-state index >= 15 is 0 Å². The molecule has 10 heteroatoms. The minimum atomic E-state index is -1.29. The molecule has 3 aromatic rings. The van der Waals surface area contributed by atoms with E-state index in [2.05, 4.69) is 5.32 Å². The largest absolute Gasteiger partial charge is 0.497 e. The highest BCUT2D eigenvalue weighted by molar-refractivity contribution is 5.99. The van der Waals surface area contributed by atoms with E-state index in [1.54, 1.807) is 73.8 Å². The lowest BCUT2D eigenvalue weighted by Gasteiger charge is -2.43. The Bertz CT molecular complexity index is 1440. The summed E-state index contributed by atoms with van der Waals surface area (Å²) >= 11 is 0. The lowest BCUT2D eigenvalue weighted by molar-refractivity contribution is -0.149. The fourth-order valence-electron chi connectivity index (χ4n) is 5.08. The van der Waals surface area contributed by atoms with Crippen molar-refractivity contribution in [3.8, 4) is 11.5 Å². The third-order valence-electron chi connectivity index (χ3n) is 7.18. The molecule has 0 aliphatic carbocycles. The average Bonchev–Trinajstić information content (AvgIpc) is 3.00. The Morgan fingerprint density at radius 2 is 1.60 bits per heavy atom. The van der Waals surface area contributed by atoms with Crippen LogP contribution in [0.4, 0.5) is 0 Å². The van der Waals surface area contributed by atoms with Crippen LogP contribution in [0.15, 0.2) is 72.8 Å². The van der Waals surface area contributed by atoms with Crippen LogP contribution >= 0.6 is 0 Å². The van der Waals surface area contributed by atoms with Gasteiger partial charge in [0.15, 0.2) is 6.17 Å². The zero-order valence-corrected chi connectivity index (χ0v) is 23.9. The first kappa shape index (κ1) is 30.1. The van der Waals surface area contributed by atoms with Crippen molar-refractivity contribution in [2.75, 3.05) is 27.3 Å². The van der Waals surface area contributed by atoms with Gasteiger partial charge in [-0.2, -0.15) is 0 Å². The van der Waals surface area contributed by atoms with Crippen molar-refractivity contribution in [3.63, 3.8) is 0 Å². The number of aryl methyl sites for hydroxylation is 1. The third-order valence-corrected chi connectivity index (χ3v) is 7.18. The van der Waals surface area contributed by atoms with Gasteiger partial charge in [-0.1, -0.05) is 48.0 Å². The van der Waals surface area contributed by atoms with E-state index in [1.165, 1.54) is 16.9 Å². The molecule has 10 nitrogen and oxygen atoms in total. The molecule has 1 fully saturated rings. The van der Waals surface area contributed by atoms with Gasteiger partial charge in [-0.3, -0.25) is 19.2 Å². The fraction of sp³-hybridized carbons (Fsp3) is 0.312. The molecule has 2 unspecified atom stereocenters. The number of nitrogens with zero attached hydrogens (tertiary/aromatic N) is 2. The maximum Gasteiger partial charge on any atom is 0.305 e. The Labute approximate surface area is 244 Å². The molecule has 0 radical (unpaired) electrons. The molecule has 0 spiro atoms. The van der Waals surface area contributed by atoms with Gasteiger partial charge in [0.1, 0.15) is 11.5 Å². The Hall–Kier alpha value is -4.86. The standard InChI is InChI=1S/C32H35N3O7/c1-21-7-4-8-23(17-21)27(20-29(37)38)33-30(39)31-34(28(36)18-22-11-13-25(41-2)14-12-22)15-6-16-35(31)32(40)24-9-5-10-26(19-24)42-3/h4-5,7-14,17,19,27,31H,6,15-16,18,20H2,1-3H3,(H,33,39)(H,37,38). The summed E-state index contributed by atoms with van der Waals surface area (Å²) in [7, 11) is 3.05. The van der Waals surface area contributed by atoms with Crippen molar-refractivity contribution < 1.29 is 33.8 Å². The molecular formula is C32H35N3O7. The highest BCUT2D eigenvalue weighted by atomic mass is 16.5. The molecule has 4 rings (SSSR count). The monoisotopic (exact) mass is 573 g/mol. The molecule has 0 bridgehead atoms. The lowest BCUT2D eigenvalue weighted by atomic mass is 10.0. The van der Waals surface area contributed by atoms with Crippen LogP contribution in [0.25, 0.3) is 0 Å². The number of carboxylic acid groups (broad SMARTS) is 1. The normalized spacial score (nSPS) is 15.5. The van der Waals surface area contributed by atoms with Crippen molar-refractivity contribution in [1.29, 1.82) is 0 Å². The third kappa shape index (κ3) is 7.25. The second-order valence-corrected chi connectivity index (χ2v) is 10.1. The molecule has 1 heterocycles. The minimum absolute atomic E-state index is 0.00536. The van der Waals surface area contributed by atoms with Gasteiger partial charge in [0, 0.05) is 18.7 Å². The second kappa shape index (κ2) is 13.7. The molecule has 2 N–H and O–H groups in total. The number of carbonyl (C=O) groups excluding carboxylic acids is 3. The number of ether oxygens (including phenoxy) is 2. The summed E-state index contributed by atoms with van der Waals surface area (Å²) in [6, 6.07) is 20.0. The van der Waals surface area contributed by atoms with Crippen molar-refractivity contribution in [3.05, 3.63) is 95.1 Å². The second-order valence-electron chi connectivity index (χ2n) is 10.1. The van der Waals surface area contributed by atoms with Gasteiger partial charge in [0.2, 0.25) is 5.91 Å². The number of amides is 3. The summed E-state index contributed by atoms with van der Waals surface area (Å²) in [5.74, 6) is -1.39. The number of methoxy groups -OCH3 is 2. The molecule has 220 valence electrons. The predicted octanol–water partition coefficient (Wildman–Crippen LogP) is 3.59. The first-order valence-electron chi connectivity index (χ1n) is 13.7. The maximum absolute atomic E-state index is 14.0. The summed E-state index contributed by atoms with van der Waals surface area (Å²) in [5.41, 5.74) is 2.54. The van der Waals surface area contributed by atoms with E-state index in [-0.39, 0.29) is 31.8 Å². The van der Waals surface area contributed by atoms with Gasteiger partial charge in [-0.05, 0) is 54.8 Å². The summed E-state index contributed by atoms with van der Waals surface area (Å²) in [4.78, 5) is 56.1. The molecule has 2 atom stereocenters. The summed E-state index contributed by atoms with van der Waals surface area (Å²) in [6.07, 6.45) is -1.19. The van der Waals surface area contributed by atoms with Gasteiger partial charge in [0.25, 0.3) is 11.8 Å². The number of benzene rings is 3. The van der Waals surface area contributed by atoms with Crippen LogP contribution in [-0.2, 0) is 20.8 Å². The number of carboxylic acids is 1. The van der Waals surface area contributed by atoms with Crippen LogP contribution in [0.2, 0.25) is 0 Å². The molecule has 1 aliphatic rings. The molecule has 3 amide bonds. The molecule has 3 aromatic carbocycles. The van der Waals surface area contributed by atoms with Crippen molar-refractivity contribution >= 4 is 23.7 Å². The van der Waals surface area contributed by atoms with E-state index in [1.807, 2.05) is 13.0 Å². The number of hydrogen-bond donors (Lipinski definition) is 2. The zero-order valence-electron chi connectivity index (χ0n) is 23.9. The smallest absolute Gasteiger partial charge is 0.305 e. The molecule has 0 aromatic heterocycles. The van der Waals surface area contributed by atoms with Crippen LogP contribution in [0, 0.1) is 6.92 Å². The molecular weight excluding hydrogens is 538 g/mol. The number of nitrogens with one attached hydrogen (secondary N) is 1. The quantitative estimate of drug-likeness (QED) is 0.380.